The number of carboxylic acid groups (broad SMARTS) is 1. The Bertz CT molecular complexity index is 1530. The SMILES string of the molecule is CC(C)(C(=O)O)n1ccc2ccc(C(F)(F)F)cc21.COC(=O)C(C)(C)n1ccc2ccc(C(F)(F)F)cc21. The van der Waals surface area contributed by atoms with E-state index in [0.29, 0.717) is 16.3 Å². The van der Waals surface area contributed by atoms with Crippen LogP contribution in [0.3, 0.4) is 0 Å². The number of rotatable bonds is 4. The van der Waals surface area contributed by atoms with Crippen molar-refractivity contribution in [2.75, 3.05) is 7.11 Å². The van der Waals surface area contributed by atoms with Crippen molar-refractivity contribution in [3.8, 4) is 0 Å². The molecule has 2 aromatic carbocycles. The molecule has 1 N–H and O–H groups in total. The number of carbonyl (C=O) groups excluding carboxylic acids is 1. The van der Waals surface area contributed by atoms with E-state index >= 15 is 0 Å². The molecule has 2 heterocycles. The standard InChI is InChI=1S/C14H14F3NO2.C13H12F3NO2/c1-13(2,12(19)20-3)18-7-6-9-4-5-10(8-11(9)18)14(15,16)17;1-12(2,11(18)19)17-6-5-8-3-4-9(7-10(8)17)13(14,15)16/h4-8H,1-3H3;3-7H,1-2H3,(H,18,19). The lowest BCUT2D eigenvalue weighted by molar-refractivity contribution is -0.149. The minimum Gasteiger partial charge on any atom is -0.480 e. The van der Waals surface area contributed by atoms with E-state index in [-0.39, 0.29) is 5.52 Å². The second-order valence-electron chi connectivity index (χ2n) is 9.83. The summed E-state index contributed by atoms with van der Waals surface area (Å²) in [6.07, 6.45) is -5.80. The van der Waals surface area contributed by atoms with E-state index in [2.05, 4.69) is 0 Å². The smallest absolute Gasteiger partial charge is 0.416 e. The highest BCUT2D eigenvalue weighted by molar-refractivity contribution is 5.86. The first kappa shape index (κ1) is 29.6. The molecule has 0 saturated heterocycles. The number of methoxy groups -OCH3 is 1. The van der Waals surface area contributed by atoms with Crippen molar-refractivity contribution in [3.63, 3.8) is 0 Å². The molecule has 0 aliphatic heterocycles. The first-order valence-corrected chi connectivity index (χ1v) is 11.5. The monoisotopic (exact) mass is 556 g/mol. The molecule has 0 saturated carbocycles. The van der Waals surface area contributed by atoms with Gasteiger partial charge in [-0.1, -0.05) is 12.1 Å². The molecule has 4 rings (SSSR count). The predicted molar refractivity (Wildman–Crippen MR) is 132 cm³/mol. The Morgan fingerprint density at radius 1 is 0.692 bits per heavy atom. The van der Waals surface area contributed by atoms with Gasteiger partial charge in [-0.3, -0.25) is 0 Å². The fourth-order valence-electron chi connectivity index (χ4n) is 4.04. The summed E-state index contributed by atoms with van der Waals surface area (Å²) < 4.78 is 83.9. The van der Waals surface area contributed by atoms with Crippen LogP contribution in [0.2, 0.25) is 0 Å². The molecule has 0 bridgehead atoms. The number of carboxylic acids is 1. The molecule has 2 aromatic heterocycles. The number of nitrogens with zero attached hydrogens (tertiary/aromatic N) is 2. The number of halogens is 6. The number of aromatic nitrogens is 2. The van der Waals surface area contributed by atoms with Crippen LogP contribution in [-0.2, 0) is 37.8 Å². The van der Waals surface area contributed by atoms with E-state index < -0.39 is 46.5 Å². The van der Waals surface area contributed by atoms with Gasteiger partial charge in [-0.2, -0.15) is 26.3 Å². The Balaban J connectivity index is 0.000000216. The Hall–Kier alpha value is -3.96. The van der Waals surface area contributed by atoms with Crippen molar-refractivity contribution < 1.29 is 45.8 Å². The van der Waals surface area contributed by atoms with Crippen LogP contribution in [-0.4, -0.2) is 33.3 Å². The fraction of sp³-hybridized carbons (Fsp3) is 0.333. The number of alkyl halides is 6. The van der Waals surface area contributed by atoms with Crippen molar-refractivity contribution in [1.29, 1.82) is 0 Å². The van der Waals surface area contributed by atoms with E-state index in [4.69, 9.17) is 9.84 Å². The third kappa shape index (κ3) is 5.74. The molecule has 4 aromatic rings. The van der Waals surface area contributed by atoms with Crippen LogP contribution < -0.4 is 0 Å². The maximum absolute atomic E-state index is 12.8. The van der Waals surface area contributed by atoms with Gasteiger partial charge in [0.05, 0.1) is 18.2 Å². The largest absolute Gasteiger partial charge is 0.480 e. The molecule has 39 heavy (non-hydrogen) atoms. The number of esters is 1. The van der Waals surface area contributed by atoms with Gasteiger partial charge in [0.2, 0.25) is 0 Å². The summed E-state index contributed by atoms with van der Waals surface area (Å²) >= 11 is 0. The summed E-state index contributed by atoms with van der Waals surface area (Å²) in [5.74, 6) is -1.63. The molecule has 6 nitrogen and oxygen atoms in total. The van der Waals surface area contributed by atoms with Gasteiger partial charge in [0.15, 0.2) is 0 Å². The lowest BCUT2D eigenvalue weighted by Gasteiger charge is -2.25. The summed E-state index contributed by atoms with van der Waals surface area (Å²) in [7, 11) is 1.25. The Labute approximate surface area is 219 Å². The molecule has 12 heteroatoms. The number of hydrogen-bond acceptors (Lipinski definition) is 3. The van der Waals surface area contributed by atoms with Gasteiger partial charge in [0, 0.05) is 23.4 Å². The molecule has 0 radical (unpaired) electrons. The number of aliphatic carboxylic acids is 1. The van der Waals surface area contributed by atoms with Crippen LogP contribution in [0.25, 0.3) is 21.8 Å². The van der Waals surface area contributed by atoms with E-state index in [1.807, 2.05) is 0 Å². The van der Waals surface area contributed by atoms with Gasteiger partial charge in [-0.15, -0.1) is 0 Å². The average molecular weight is 557 g/mol. The van der Waals surface area contributed by atoms with Crippen molar-refractivity contribution in [2.45, 2.75) is 51.1 Å². The lowest BCUT2D eigenvalue weighted by Crippen LogP contribution is -2.36. The minimum atomic E-state index is -4.45. The Kier molecular flexibility index (Phi) is 7.57. The van der Waals surface area contributed by atoms with E-state index in [1.54, 1.807) is 32.2 Å². The maximum Gasteiger partial charge on any atom is 0.416 e. The highest BCUT2D eigenvalue weighted by Gasteiger charge is 2.35. The summed E-state index contributed by atoms with van der Waals surface area (Å²) in [4.78, 5) is 23.0. The van der Waals surface area contributed by atoms with Crippen molar-refractivity contribution in [3.05, 3.63) is 72.1 Å². The summed E-state index contributed by atoms with van der Waals surface area (Å²) in [6.45, 7) is 6.07. The molecule has 210 valence electrons. The second-order valence-corrected chi connectivity index (χ2v) is 9.83. The molecule has 0 aliphatic rings. The molecule has 0 fully saturated rings. The third-order valence-corrected chi connectivity index (χ3v) is 6.45. The summed E-state index contributed by atoms with van der Waals surface area (Å²) in [6, 6.07) is 10.0. The van der Waals surface area contributed by atoms with Gasteiger partial charge in [-0.25, -0.2) is 9.59 Å². The third-order valence-electron chi connectivity index (χ3n) is 6.45. The average Bonchev–Trinajstić information content (AvgIpc) is 3.46. The normalized spacial score (nSPS) is 12.8. The maximum atomic E-state index is 12.8. The molecule has 0 spiro atoms. The summed E-state index contributed by atoms with van der Waals surface area (Å²) in [5.41, 5.74) is -3.34. The van der Waals surface area contributed by atoms with E-state index in [0.717, 1.165) is 24.3 Å². The van der Waals surface area contributed by atoms with Gasteiger partial charge in [0.1, 0.15) is 11.1 Å². The predicted octanol–water partition coefficient (Wildman–Crippen LogP) is 7.05. The van der Waals surface area contributed by atoms with Crippen LogP contribution in [0, 0.1) is 0 Å². The highest BCUT2D eigenvalue weighted by atomic mass is 19.4. The van der Waals surface area contributed by atoms with Gasteiger partial charge in [-0.05, 0) is 74.9 Å². The fourth-order valence-corrected chi connectivity index (χ4v) is 4.04. The second kappa shape index (κ2) is 9.97. The Morgan fingerprint density at radius 3 is 1.41 bits per heavy atom. The zero-order chi connectivity index (χ0) is 29.6. The van der Waals surface area contributed by atoms with Crippen LogP contribution in [0.1, 0.15) is 38.8 Å². The lowest BCUT2D eigenvalue weighted by atomic mass is 10.1. The topological polar surface area (TPSA) is 73.5 Å². The van der Waals surface area contributed by atoms with Crippen molar-refractivity contribution in [1.82, 2.24) is 9.13 Å². The number of fused-ring (bicyclic) bond motifs is 2. The van der Waals surface area contributed by atoms with Crippen molar-refractivity contribution >= 4 is 33.7 Å². The number of benzene rings is 2. The molecular formula is C27H26F6N2O4. The van der Waals surface area contributed by atoms with Crippen LogP contribution in [0.5, 0.6) is 0 Å². The summed E-state index contributed by atoms with van der Waals surface area (Å²) in [5, 5.41) is 10.4. The number of ether oxygens (including phenoxy) is 1. The first-order chi connectivity index (χ1) is 17.8. The van der Waals surface area contributed by atoms with Crippen molar-refractivity contribution in [2.24, 2.45) is 0 Å². The number of hydrogen-bond donors (Lipinski definition) is 1. The minimum absolute atomic E-state index is 0.252. The molecule has 0 aliphatic carbocycles. The van der Waals surface area contributed by atoms with E-state index in [9.17, 15) is 35.9 Å². The van der Waals surface area contributed by atoms with Crippen LogP contribution >= 0.6 is 0 Å². The zero-order valence-corrected chi connectivity index (χ0v) is 21.6. The van der Waals surface area contributed by atoms with E-state index in [1.165, 1.54) is 48.4 Å². The molecule has 0 unspecified atom stereocenters. The van der Waals surface area contributed by atoms with Gasteiger partial charge < -0.3 is 19.0 Å². The highest BCUT2D eigenvalue weighted by Crippen LogP contribution is 2.34. The van der Waals surface area contributed by atoms with Crippen LogP contribution in [0.4, 0.5) is 26.3 Å². The molecule has 0 atom stereocenters. The molecular weight excluding hydrogens is 530 g/mol. The zero-order valence-electron chi connectivity index (χ0n) is 21.6. The Morgan fingerprint density at radius 2 is 1.08 bits per heavy atom. The van der Waals surface area contributed by atoms with Gasteiger partial charge >= 0.3 is 24.3 Å². The van der Waals surface area contributed by atoms with Gasteiger partial charge in [0.25, 0.3) is 0 Å². The molecule has 0 amide bonds. The number of carbonyl (C=O) groups is 2. The van der Waals surface area contributed by atoms with Crippen LogP contribution in [0.15, 0.2) is 60.9 Å². The quantitative estimate of drug-likeness (QED) is 0.216. The first-order valence-electron chi connectivity index (χ1n) is 11.5.